The molecule has 0 atom stereocenters. The number of fused-ring (bicyclic) bond motifs is 1. The lowest BCUT2D eigenvalue weighted by Gasteiger charge is -2.32. The standard InChI is InChI=1S/C32H35Cl3F2N6O/c1-32(2,3)30(44)39-16-18-5-7-22(33)29(28(18)35)41-31-40-25-13-19(17-38-21-6-8-24(37)23(34)14-21)26(15-27(25)42(31)4)43-11-9-20(36)10-12-43/h5-8,13-15,20,38H,9-12,16-17H2,1-4H3,(H,39,44)(H,40,41). The van der Waals surface area contributed by atoms with Crippen LogP contribution in [0.1, 0.15) is 44.7 Å². The van der Waals surface area contributed by atoms with Gasteiger partial charge in [-0.15, -0.1) is 0 Å². The van der Waals surface area contributed by atoms with Gasteiger partial charge < -0.3 is 25.4 Å². The van der Waals surface area contributed by atoms with E-state index in [1.165, 1.54) is 6.07 Å². The molecule has 1 aliphatic heterocycles. The van der Waals surface area contributed by atoms with Crippen LogP contribution in [0, 0.1) is 11.2 Å². The number of rotatable bonds is 8. The number of aryl methyl sites for hydroxylation is 1. The van der Waals surface area contributed by atoms with Crippen LogP contribution < -0.4 is 20.9 Å². The molecule has 2 heterocycles. The first kappa shape index (κ1) is 32.1. The van der Waals surface area contributed by atoms with Crippen molar-refractivity contribution < 1.29 is 13.6 Å². The number of amides is 1. The van der Waals surface area contributed by atoms with Gasteiger partial charge in [-0.3, -0.25) is 4.79 Å². The molecule has 5 rings (SSSR count). The zero-order chi connectivity index (χ0) is 31.8. The van der Waals surface area contributed by atoms with Crippen LogP contribution in [-0.4, -0.2) is 34.7 Å². The Morgan fingerprint density at radius 3 is 2.41 bits per heavy atom. The Hall–Kier alpha value is -3.27. The average Bonchev–Trinajstić information content (AvgIpc) is 3.28. The van der Waals surface area contributed by atoms with E-state index in [2.05, 4.69) is 26.9 Å². The van der Waals surface area contributed by atoms with Crippen LogP contribution in [0.5, 0.6) is 0 Å². The molecule has 1 saturated heterocycles. The number of alkyl halides is 1. The smallest absolute Gasteiger partial charge is 0.225 e. The van der Waals surface area contributed by atoms with E-state index in [9.17, 15) is 13.6 Å². The predicted octanol–water partition coefficient (Wildman–Crippen LogP) is 8.63. The van der Waals surface area contributed by atoms with Gasteiger partial charge >= 0.3 is 0 Å². The van der Waals surface area contributed by atoms with Gasteiger partial charge in [0.15, 0.2) is 0 Å². The largest absolute Gasteiger partial charge is 0.381 e. The van der Waals surface area contributed by atoms with E-state index >= 15 is 0 Å². The van der Waals surface area contributed by atoms with Crippen molar-refractivity contribution in [2.45, 2.75) is 52.9 Å². The van der Waals surface area contributed by atoms with E-state index in [0.29, 0.717) is 65.4 Å². The van der Waals surface area contributed by atoms with Crippen LogP contribution in [-0.2, 0) is 24.9 Å². The molecular formula is C32H35Cl3F2N6O. The summed E-state index contributed by atoms with van der Waals surface area (Å²) in [5.74, 6) is -0.0569. The van der Waals surface area contributed by atoms with E-state index in [-0.39, 0.29) is 17.5 Å². The summed E-state index contributed by atoms with van der Waals surface area (Å²) in [4.78, 5) is 19.5. The molecule has 7 nitrogen and oxygen atoms in total. The molecular weight excluding hydrogens is 629 g/mol. The van der Waals surface area contributed by atoms with Crippen LogP contribution in [0.3, 0.4) is 0 Å². The quantitative estimate of drug-likeness (QED) is 0.176. The zero-order valence-corrected chi connectivity index (χ0v) is 27.3. The monoisotopic (exact) mass is 662 g/mol. The highest BCUT2D eigenvalue weighted by molar-refractivity contribution is 6.39. The summed E-state index contributed by atoms with van der Waals surface area (Å²) < 4.78 is 29.7. The zero-order valence-electron chi connectivity index (χ0n) is 25.0. The fourth-order valence-corrected chi connectivity index (χ4v) is 5.82. The highest BCUT2D eigenvalue weighted by Gasteiger charge is 2.24. The molecule has 234 valence electrons. The molecule has 0 spiro atoms. The molecule has 0 unspecified atom stereocenters. The maximum Gasteiger partial charge on any atom is 0.225 e. The Labute approximate surface area is 270 Å². The van der Waals surface area contributed by atoms with Crippen molar-refractivity contribution in [2.75, 3.05) is 28.6 Å². The molecule has 0 radical (unpaired) electrons. The normalized spacial score (nSPS) is 14.2. The Balaban J connectivity index is 1.47. The van der Waals surface area contributed by atoms with Crippen molar-refractivity contribution in [1.29, 1.82) is 0 Å². The van der Waals surface area contributed by atoms with Gasteiger partial charge in [0.25, 0.3) is 0 Å². The summed E-state index contributed by atoms with van der Waals surface area (Å²) in [5, 5.41) is 10.4. The molecule has 1 amide bonds. The van der Waals surface area contributed by atoms with Crippen molar-refractivity contribution in [3.63, 3.8) is 0 Å². The van der Waals surface area contributed by atoms with E-state index in [1.54, 1.807) is 24.3 Å². The molecule has 0 bridgehead atoms. The third kappa shape index (κ3) is 7.00. The Morgan fingerprint density at radius 1 is 1.00 bits per heavy atom. The Morgan fingerprint density at radius 2 is 1.73 bits per heavy atom. The van der Waals surface area contributed by atoms with E-state index in [0.717, 1.165) is 22.3 Å². The van der Waals surface area contributed by atoms with Gasteiger partial charge in [0.2, 0.25) is 11.9 Å². The number of carbonyl (C=O) groups is 1. The van der Waals surface area contributed by atoms with Gasteiger partial charge in [0, 0.05) is 50.0 Å². The number of piperidine rings is 1. The maximum absolute atomic E-state index is 14.0. The number of halogens is 5. The highest BCUT2D eigenvalue weighted by Crippen LogP contribution is 2.37. The van der Waals surface area contributed by atoms with E-state index in [4.69, 9.17) is 39.8 Å². The number of carbonyl (C=O) groups excluding carboxylic acids is 1. The number of aromatic nitrogens is 2. The number of hydrogen-bond acceptors (Lipinski definition) is 5. The third-order valence-electron chi connectivity index (χ3n) is 7.78. The van der Waals surface area contributed by atoms with E-state index in [1.807, 2.05) is 38.5 Å². The first-order valence-corrected chi connectivity index (χ1v) is 15.5. The molecule has 1 aromatic heterocycles. The Bertz CT molecular complexity index is 1700. The van der Waals surface area contributed by atoms with Gasteiger partial charge in [0.1, 0.15) is 12.0 Å². The predicted molar refractivity (Wildman–Crippen MR) is 177 cm³/mol. The minimum absolute atomic E-state index is 0.0362. The van der Waals surface area contributed by atoms with Crippen LogP contribution in [0.15, 0.2) is 42.5 Å². The summed E-state index contributed by atoms with van der Waals surface area (Å²) in [6.07, 6.45) is 0.109. The molecule has 44 heavy (non-hydrogen) atoms. The van der Waals surface area contributed by atoms with Gasteiger partial charge in [-0.25, -0.2) is 13.8 Å². The average molecular weight is 664 g/mol. The third-order valence-corrected chi connectivity index (χ3v) is 8.81. The number of nitrogens with zero attached hydrogens (tertiary/aromatic N) is 3. The first-order valence-electron chi connectivity index (χ1n) is 14.4. The number of anilines is 4. The lowest BCUT2D eigenvalue weighted by Crippen LogP contribution is -2.35. The van der Waals surface area contributed by atoms with Crippen LogP contribution in [0.25, 0.3) is 11.0 Å². The second-order valence-corrected chi connectivity index (χ2v) is 13.3. The summed E-state index contributed by atoms with van der Waals surface area (Å²) in [6.45, 7) is 7.39. The second kappa shape index (κ2) is 13.0. The lowest BCUT2D eigenvalue weighted by atomic mass is 9.95. The minimum atomic E-state index is -0.808. The molecule has 3 aromatic carbocycles. The summed E-state index contributed by atoms with van der Waals surface area (Å²) >= 11 is 19.3. The molecule has 1 fully saturated rings. The molecule has 4 aromatic rings. The van der Waals surface area contributed by atoms with Crippen molar-refractivity contribution in [3.8, 4) is 0 Å². The minimum Gasteiger partial charge on any atom is -0.381 e. The van der Waals surface area contributed by atoms with Gasteiger partial charge in [-0.05, 0) is 60.4 Å². The number of benzene rings is 3. The Kier molecular flexibility index (Phi) is 9.49. The number of imidazole rings is 1. The number of hydrogen-bond donors (Lipinski definition) is 3. The highest BCUT2D eigenvalue weighted by atomic mass is 35.5. The van der Waals surface area contributed by atoms with Crippen molar-refractivity contribution in [1.82, 2.24) is 14.9 Å². The maximum atomic E-state index is 14.0. The van der Waals surface area contributed by atoms with Crippen LogP contribution in [0.2, 0.25) is 15.1 Å². The van der Waals surface area contributed by atoms with Gasteiger partial charge in [-0.2, -0.15) is 0 Å². The summed E-state index contributed by atoms with van der Waals surface area (Å²) in [6, 6.07) is 12.1. The van der Waals surface area contributed by atoms with E-state index < -0.39 is 17.4 Å². The van der Waals surface area contributed by atoms with Crippen molar-refractivity contribution in [3.05, 3.63) is 74.5 Å². The summed E-state index contributed by atoms with van der Waals surface area (Å²) in [5.41, 5.74) is 4.84. The number of nitrogens with one attached hydrogen (secondary N) is 3. The van der Waals surface area contributed by atoms with Crippen LogP contribution >= 0.6 is 34.8 Å². The fourth-order valence-electron chi connectivity index (χ4n) is 5.11. The molecule has 12 heteroatoms. The second-order valence-electron chi connectivity index (χ2n) is 12.1. The lowest BCUT2D eigenvalue weighted by molar-refractivity contribution is -0.128. The van der Waals surface area contributed by atoms with Crippen LogP contribution in [0.4, 0.5) is 31.8 Å². The molecule has 1 aliphatic rings. The fraction of sp³-hybridized carbons (Fsp3) is 0.375. The molecule has 0 saturated carbocycles. The summed E-state index contributed by atoms with van der Waals surface area (Å²) in [7, 11) is 1.89. The molecule has 3 N–H and O–H groups in total. The van der Waals surface area contributed by atoms with Gasteiger partial charge in [0.05, 0.1) is 31.8 Å². The van der Waals surface area contributed by atoms with Crippen molar-refractivity contribution in [2.24, 2.45) is 12.5 Å². The topological polar surface area (TPSA) is 74.2 Å². The SMILES string of the molecule is Cn1c(Nc2c(Cl)ccc(CNC(=O)C(C)(C)C)c2Cl)nc2cc(CNc3ccc(F)c(Cl)c3)c(N3CCC(F)CC3)cc21. The molecule has 0 aliphatic carbocycles. The first-order chi connectivity index (χ1) is 20.8. The van der Waals surface area contributed by atoms with Crippen molar-refractivity contribution >= 4 is 74.8 Å². The van der Waals surface area contributed by atoms with Gasteiger partial charge in [-0.1, -0.05) is 61.6 Å².